The zero-order chi connectivity index (χ0) is 24.3. The fourth-order valence-corrected chi connectivity index (χ4v) is 4.24. The molecule has 6 heteroatoms. The van der Waals surface area contributed by atoms with Crippen molar-refractivity contribution in [3.8, 4) is 0 Å². The van der Waals surface area contributed by atoms with Crippen LogP contribution in [0.4, 0.5) is 0 Å². The van der Waals surface area contributed by atoms with Crippen LogP contribution < -0.4 is 0 Å². The Labute approximate surface area is 196 Å². The number of hydrogen-bond donors (Lipinski definition) is 4. The number of carbonyl (C=O) groups is 2. The van der Waals surface area contributed by atoms with Gasteiger partial charge in [0.25, 0.3) is 0 Å². The molecule has 2 atom stereocenters. The smallest absolute Gasteiger partial charge is 0.335 e. The molecule has 0 radical (unpaired) electrons. The molecule has 0 aromatic heterocycles. The molecule has 4 N–H and O–H groups in total. The van der Waals surface area contributed by atoms with Crippen LogP contribution in [0.3, 0.4) is 0 Å². The highest BCUT2D eigenvalue weighted by atomic mass is 16.4. The van der Waals surface area contributed by atoms with Crippen molar-refractivity contribution >= 4 is 11.9 Å². The van der Waals surface area contributed by atoms with Gasteiger partial charge in [-0.2, -0.15) is 0 Å². The van der Waals surface area contributed by atoms with Crippen molar-refractivity contribution in [1.29, 1.82) is 0 Å². The van der Waals surface area contributed by atoms with Gasteiger partial charge in [0.15, 0.2) is 11.2 Å². The van der Waals surface area contributed by atoms with Crippen LogP contribution in [-0.4, -0.2) is 32.4 Å². The first kappa shape index (κ1) is 22.9. The summed E-state index contributed by atoms with van der Waals surface area (Å²) in [7, 11) is 0. The molecule has 6 nitrogen and oxygen atoms in total. The maximum atomic E-state index is 12.5. The van der Waals surface area contributed by atoms with Crippen LogP contribution in [0.5, 0.6) is 0 Å². The lowest BCUT2D eigenvalue weighted by Crippen LogP contribution is -2.51. The highest BCUT2D eigenvalue weighted by Crippen LogP contribution is 2.49. The van der Waals surface area contributed by atoms with Gasteiger partial charge in [-0.15, -0.1) is 0 Å². The summed E-state index contributed by atoms with van der Waals surface area (Å²) in [4.78, 5) is 22.8. The molecule has 0 spiro atoms. The lowest BCUT2D eigenvalue weighted by molar-refractivity contribution is -0.113. The standard InChI is InChI=1S/C28H22O6/c29-25(30)19-11-15-23(16-12-19)27(33,21-7-3-1-4-8-21)28(34,22-9-5-2-6-10-22)24-17-13-20(14-18-24)26(31)32/h1-18,33-34H,(H,29,30)(H,31,32). The third-order valence-corrected chi connectivity index (χ3v) is 6.01. The summed E-state index contributed by atoms with van der Waals surface area (Å²) >= 11 is 0. The highest BCUT2D eigenvalue weighted by Gasteiger charge is 2.54. The SMILES string of the molecule is O=C(O)c1ccc(C(O)(c2ccccc2)C(O)(c2ccccc2)c2ccc(C(=O)O)cc2)cc1. The lowest BCUT2D eigenvalue weighted by Gasteiger charge is -2.45. The number of benzene rings is 4. The maximum Gasteiger partial charge on any atom is 0.335 e. The molecular weight excluding hydrogens is 432 g/mol. The van der Waals surface area contributed by atoms with Gasteiger partial charge in [0, 0.05) is 0 Å². The van der Waals surface area contributed by atoms with Crippen LogP contribution >= 0.6 is 0 Å². The molecule has 34 heavy (non-hydrogen) atoms. The molecule has 170 valence electrons. The maximum absolute atomic E-state index is 12.5. The second kappa shape index (κ2) is 8.94. The first-order chi connectivity index (χ1) is 16.3. The molecule has 0 amide bonds. The first-order valence-corrected chi connectivity index (χ1v) is 10.5. The molecule has 0 aliphatic carbocycles. The minimum atomic E-state index is -2.07. The quantitative estimate of drug-likeness (QED) is 0.332. The van der Waals surface area contributed by atoms with Gasteiger partial charge in [0.1, 0.15) is 0 Å². The third kappa shape index (κ3) is 3.75. The van der Waals surface area contributed by atoms with Gasteiger partial charge < -0.3 is 20.4 Å². The Morgan fingerprint density at radius 1 is 0.441 bits per heavy atom. The molecule has 0 aliphatic heterocycles. The zero-order valence-corrected chi connectivity index (χ0v) is 18.0. The Balaban J connectivity index is 2.05. The first-order valence-electron chi connectivity index (χ1n) is 10.5. The fourth-order valence-electron chi connectivity index (χ4n) is 4.24. The van der Waals surface area contributed by atoms with Crippen molar-refractivity contribution in [3.05, 3.63) is 143 Å². The van der Waals surface area contributed by atoms with E-state index in [4.69, 9.17) is 0 Å². The summed E-state index contributed by atoms with van der Waals surface area (Å²) in [6.45, 7) is 0. The van der Waals surface area contributed by atoms with Gasteiger partial charge in [-0.25, -0.2) is 9.59 Å². The monoisotopic (exact) mass is 454 g/mol. The molecule has 0 saturated heterocycles. The third-order valence-electron chi connectivity index (χ3n) is 6.01. The van der Waals surface area contributed by atoms with Crippen molar-refractivity contribution in [2.75, 3.05) is 0 Å². The number of carboxylic acid groups (broad SMARTS) is 2. The Morgan fingerprint density at radius 2 is 0.706 bits per heavy atom. The van der Waals surface area contributed by atoms with Crippen LogP contribution in [0.25, 0.3) is 0 Å². The molecule has 0 heterocycles. The number of hydrogen-bond acceptors (Lipinski definition) is 4. The van der Waals surface area contributed by atoms with Gasteiger partial charge in [0.2, 0.25) is 0 Å². The Morgan fingerprint density at radius 3 is 0.971 bits per heavy atom. The van der Waals surface area contributed by atoms with Crippen molar-refractivity contribution in [1.82, 2.24) is 0 Å². The molecule has 4 aromatic rings. The van der Waals surface area contributed by atoms with E-state index in [-0.39, 0.29) is 22.3 Å². The number of aromatic carboxylic acids is 2. The number of carboxylic acids is 2. The van der Waals surface area contributed by atoms with Crippen molar-refractivity contribution in [2.24, 2.45) is 0 Å². The number of aliphatic hydroxyl groups is 2. The lowest BCUT2D eigenvalue weighted by atomic mass is 9.66. The van der Waals surface area contributed by atoms with Gasteiger partial charge in [-0.05, 0) is 46.5 Å². The van der Waals surface area contributed by atoms with E-state index in [1.807, 2.05) is 0 Å². The second-order valence-corrected chi connectivity index (χ2v) is 7.92. The average molecular weight is 454 g/mol. The summed E-state index contributed by atoms with van der Waals surface area (Å²) < 4.78 is 0. The van der Waals surface area contributed by atoms with E-state index in [0.717, 1.165) is 0 Å². The van der Waals surface area contributed by atoms with E-state index in [2.05, 4.69) is 0 Å². The van der Waals surface area contributed by atoms with Crippen LogP contribution in [0.2, 0.25) is 0 Å². The minimum absolute atomic E-state index is 0.0354. The summed E-state index contributed by atoms with van der Waals surface area (Å²) in [5.41, 5.74) is -2.82. The topological polar surface area (TPSA) is 115 Å². The predicted molar refractivity (Wildman–Crippen MR) is 126 cm³/mol. The average Bonchev–Trinajstić information content (AvgIpc) is 2.88. The van der Waals surface area contributed by atoms with Crippen molar-refractivity contribution in [2.45, 2.75) is 11.2 Å². The number of rotatable bonds is 7. The van der Waals surface area contributed by atoms with Gasteiger partial charge in [0.05, 0.1) is 11.1 Å². The summed E-state index contributed by atoms with van der Waals surface area (Å²) in [6.07, 6.45) is 0. The van der Waals surface area contributed by atoms with Crippen LogP contribution in [0.1, 0.15) is 43.0 Å². The normalized spacial score (nSPS) is 14.5. The molecule has 0 aliphatic rings. The zero-order valence-electron chi connectivity index (χ0n) is 18.0. The summed E-state index contributed by atoms with van der Waals surface area (Å²) in [6, 6.07) is 28.5. The van der Waals surface area contributed by atoms with Crippen LogP contribution in [0, 0.1) is 0 Å². The Hall–Kier alpha value is -4.26. The largest absolute Gasteiger partial charge is 0.478 e. The summed E-state index contributed by atoms with van der Waals surface area (Å²) in [5.74, 6) is -2.23. The van der Waals surface area contributed by atoms with Gasteiger partial charge >= 0.3 is 11.9 Å². The van der Waals surface area contributed by atoms with E-state index in [1.54, 1.807) is 60.7 Å². The predicted octanol–water partition coefficient (Wildman–Crippen LogP) is 4.26. The molecular formula is C28H22O6. The highest BCUT2D eigenvalue weighted by molar-refractivity contribution is 5.88. The van der Waals surface area contributed by atoms with E-state index in [1.165, 1.54) is 48.5 Å². The van der Waals surface area contributed by atoms with E-state index in [0.29, 0.717) is 11.1 Å². The van der Waals surface area contributed by atoms with Gasteiger partial charge in [-0.1, -0.05) is 84.9 Å². The van der Waals surface area contributed by atoms with Crippen molar-refractivity contribution < 1.29 is 30.0 Å². The summed E-state index contributed by atoms with van der Waals surface area (Å²) in [5, 5.41) is 43.6. The fraction of sp³-hybridized carbons (Fsp3) is 0.0714. The van der Waals surface area contributed by atoms with E-state index in [9.17, 15) is 30.0 Å². The minimum Gasteiger partial charge on any atom is -0.478 e. The molecule has 4 aromatic carbocycles. The molecule has 0 fully saturated rings. The molecule has 0 saturated carbocycles. The van der Waals surface area contributed by atoms with E-state index < -0.39 is 23.1 Å². The van der Waals surface area contributed by atoms with Crippen LogP contribution in [-0.2, 0) is 11.2 Å². The molecule has 0 bridgehead atoms. The van der Waals surface area contributed by atoms with E-state index >= 15 is 0 Å². The Bertz CT molecular complexity index is 1200. The molecule has 2 unspecified atom stereocenters. The van der Waals surface area contributed by atoms with Crippen molar-refractivity contribution in [3.63, 3.8) is 0 Å². The van der Waals surface area contributed by atoms with Gasteiger partial charge in [-0.3, -0.25) is 0 Å². The second-order valence-electron chi connectivity index (χ2n) is 7.92. The Kier molecular flexibility index (Phi) is 6.03. The van der Waals surface area contributed by atoms with Crippen LogP contribution in [0.15, 0.2) is 109 Å². The molecule has 4 rings (SSSR count).